The predicted octanol–water partition coefficient (Wildman–Crippen LogP) is 2.22. The third kappa shape index (κ3) is 2.79. The summed E-state index contributed by atoms with van der Waals surface area (Å²) in [5.74, 6) is 0.840. The van der Waals surface area contributed by atoms with Crippen molar-refractivity contribution < 1.29 is 4.74 Å². The van der Waals surface area contributed by atoms with Crippen molar-refractivity contribution in [3.63, 3.8) is 0 Å². The standard InChI is InChI=1S/C15H19N3O/c1-18-15(19-13-8-5-9-16-11-13)10-14(17-18)12-6-3-2-4-7-12/h2-4,6-7,10,13,16H,5,8-9,11H2,1H3. The smallest absolute Gasteiger partial charge is 0.212 e. The van der Waals surface area contributed by atoms with Gasteiger partial charge in [-0.2, -0.15) is 5.10 Å². The molecule has 1 unspecified atom stereocenters. The van der Waals surface area contributed by atoms with Crippen LogP contribution in [0, 0.1) is 0 Å². The van der Waals surface area contributed by atoms with Crippen molar-refractivity contribution in [3.05, 3.63) is 36.4 Å². The number of aryl methyl sites for hydroxylation is 1. The van der Waals surface area contributed by atoms with Gasteiger partial charge >= 0.3 is 0 Å². The van der Waals surface area contributed by atoms with Gasteiger partial charge in [0.15, 0.2) is 0 Å². The number of benzene rings is 1. The first kappa shape index (κ1) is 12.2. The number of rotatable bonds is 3. The number of piperidine rings is 1. The average Bonchev–Trinajstić information content (AvgIpc) is 2.82. The summed E-state index contributed by atoms with van der Waals surface area (Å²) in [6.07, 6.45) is 2.54. The third-order valence-corrected chi connectivity index (χ3v) is 3.45. The topological polar surface area (TPSA) is 39.1 Å². The van der Waals surface area contributed by atoms with Gasteiger partial charge in [-0.25, -0.2) is 4.68 Å². The van der Waals surface area contributed by atoms with Crippen LogP contribution in [0.25, 0.3) is 11.3 Å². The van der Waals surface area contributed by atoms with Gasteiger partial charge in [0.05, 0.1) is 5.69 Å². The van der Waals surface area contributed by atoms with E-state index in [1.165, 1.54) is 6.42 Å². The van der Waals surface area contributed by atoms with Crippen molar-refractivity contribution in [3.8, 4) is 17.1 Å². The molecule has 0 radical (unpaired) electrons. The normalized spacial score (nSPS) is 19.3. The van der Waals surface area contributed by atoms with Gasteiger partial charge in [0, 0.05) is 25.2 Å². The first-order valence-corrected chi connectivity index (χ1v) is 6.80. The van der Waals surface area contributed by atoms with Crippen LogP contribution in [0.2, 0.25) is 0 Å². The van der Waals surface area contributed by atoms with Crippen molar-refractivity contribution in [1.29, 1.82) is 0 Å². The van der Waals surface area contributed by atoms with Crippen LogP contribution in [0.1, 0.15) is 12.8 Å². The zero-order valence-corrected chi connectivity index (χ0v) is 11.2. The molecule has 4 nitrogen and oxygen atoms in total. The minimum atomic E-state index is 0.257. The molecule has 0 saturated carbocycles. The van der Waals surface area contributed by atoms with Crippen LogP contribution in [-0.4, -0.2) is 29.0 Å². The van der Waals surface area contributed by atoms with Gasteiger partial charge in [0.2, 0.25) is 5.88 Å². The van der Waals surface area contributed by atoms with E-state index in [0.717, 1.165) is 36.6 Å². The SMILES string of the molecule is Cn1nc(-c2ccccc2)cc1OC1CCCNC1. The molecule has 4 heteroatoms. The summed E-state index contributed by atoms with van der Waals surface area (Å²) < 4.78 is 7.84. The van der Waals surface area contributed by atoms with Crippen LogP contribution in [-0.2, 0) is 7.05 Å². The highest BCUT2D eigenvalue weighted by Gasteiger charge is 2.17. The fourth-order valence-electron chi connectivity index (χ4n) is 2.40. The van der Waals surface area contributed by atoms with Crippen LogP contribution in [0.15, 0.2) is 36.4 Å². The summed E-state index contributed by atoms with van der Waals surface area (Å²) in [6, 6.07) is 12.2. The molecule has 1 aromatic carbocycles. The Labute approximate surface area is 113 Å². The highest BCUT2D eigenvalue weighted by Crippen LogP contribution is 2.23. The van der Waals surface area contributed by atoms with Crippen molar-refractivity contribution in [2.45, 2.75) is 18.9 Å². The summed E-state index contributed by atoms with van der Waals surface area (Å²) >= 11 is 0. The van der Waals surface area contributed by atoms with E-state index in [1.807, 2.05) is 36.0 Å². The van der Waals surface area contributed by atoms with E-state index in [1.54, 1.807) is 0 Å². The molecule has 2 aromatic rings. The molecular weight excluding hydrogens is 238 g/mol. The number of nitrogens with zero attached hydrogens (tertiary/aromatic N) is 2. The minimum absolute atomic E-state index is 0.257. The molecule has 1 saturated heterocycles. The minimum Gasteiger partial charge on any atom is -0.473 e. The monoisotopic (exact) mass is 257 g/mol. The first-order chi connectivity index (χ1) is 9.33. The first-order valence-electron chi connectivity index (χ1n) is 6.80. The molecule has 1 atom stereocenters. The van der Waals surface area contributed by atoms with Crippen molar-refractivity contribution in [1.82, 2.24) is 15.1 Å². The van der Waals surface area contributed by atoms with Gasteiger partial charge in [0.1, 0.15) is 6.10 Å². The molecule has 19 heavy (non-hydrogen) atoms. The fourth-order valence-corrected chi connectivity index (χ4v) is 2.40. The van der Waals surface area contributed by atoms with Gasteiger partial charge in [-0.1, -0.05) is 30.3 Å². The van der Waals surface area contributed by atoms with Crippen LogP contribution in [0.4, 0.5) is 0 Å². The van der Waals surface area contributed by atoms with E-state index in [4.69, 9.17) is 4.74 Å². The fraction of sp³-hybridized carbons (Fsp3) is 0.400. The Kier molecular flexibility index (Phi) is 3.51. The molecule has 1 aliphatic heterocycles. The molecule has 1 aliphatic rings. The van der Waals surface area contributed by atoms with Crippen LogP contribution in [0.5, 0.6) is 5.88 Å². The van der Waals surface area contributed by atoms with Crippen molar-refractivity contribution in [2.24, 2.45) is 7.05 Å². The zero-order valence-electron chi connectivity index (χ0n) is 11.2. The Morgan fingerprint density at radius 2 is 2.16 bits per heavy atom. The number of ether oxygens (including phenoxy) is 1. The van der Waals surface area contributed by atoms with Crippen LogP contribution in [0.3, 0.4) is 0 Å². The van der Waals surface area contributed by atoms with Crippen LogP contribution >= 0.6 is 0 Å². The van der Waals surface area contributed by atoms with Gasteiger partial charge in [0.25, 0.3) is 0 Å². The Balaban J connectivity index is 1.77. The Bertz CT molecular complexity index is 530. The van der Waals surface area contributed by atoms with E-state index >= 15 is 0 Å². The molecule has 0 bridgehead atoms. The maximum atomic E-state index is 6.03. The lowest BCUT2D eigenvalue weighted by molar-refractivity contribution is 0.153. The van der Waals surface area contributed by atoms with Crippen molar-refractivity contribution >= 4 is 0 Å². The van der Waals surface area contributed by atoms with Gasteiger partial charge in [-0.3, -0.25) is 0 Å². The van der Waals surface area contributed by atoms with Crippen LogP contribution < -0.4 is 10.1 Å². The molecule has 0 aliphatic carbocycles. The predicted molar refractivity (Wildman–Crippen MR) is 75.2 cm³/mol. The lowest BCUT2D eigenvalue weighted by Gasteiger charge is -2.23. The van der Waals surface area contributed by atoms with E-state index in [0.29, 0.717) is 0 Å². The summed E-state index contributed by atoms with van der Waals surface area (Å²) in [4.78, 5) is 0. The number of aromatic nitrogens is 2. The molecule has 0 spiro atoms. The number of hydrogen-bond acceptors (Lipinski definition) is 3. The second kappa shape index (κ2) is 5.45. The largest absolute Gasteiger partial charge is 0.473 e. The highest BCUT2D eigenvalue weighted by atomic mass is 16.5. The number of hydrogen-bond donors (Lipinski definition) is 1. The highest BCUT2D eigenvalue weighted by molar-refractivity contribution is 5.59. The Hall–Kier alpha value is -1.81. The van der Waals surface area contributed by atoms with Gasteiger partial charge < -0.3 is 10.1 Å². The zero-order chi connectivity index (χ0) is 13.1. The Morgan fingerprint density at radius 1 is 1.32 bits per heavy atom. The summed E-state index contributed by atoms with van der Waals surface area (Å²) in [7, 11) is 1.93. The average molecular weight is 257 g/mol. The van der Waals surface area contributed by atoms with Gasteiger partial charge in [-0.05, 0) is 19.4 Å². The maximum absolute atomic E-state index is 6.03. The van der Waals surface area contributed by atoms with E-state index < -0.39 is 0 Å². The van der Waals surface area contributed by atoms with Crippen molar-refractivity contribution in [2.75, 3.05) is 13.1 Å². The third-order valence-electron chi connectivity index (χ3n) is 3.45. The van der Waals surface area contributed by atoms with E-state index in [9.17, 15) is 0 Å². The quantitative estimate of drug-likeness (QED) is 0.916. The summed E-state index contributed by atoms with van der Waals surface area (Å²) in [6.45, 7) is 2.02. The van der Waals surface area contributed by atoms with E-state index in [2.05, 4.69) is 22.5 Å². The number of nitrogens with one attached hydrogen (secondary N) is 1. The molecule has 1 N–H and O–H groups in total. The second-order valence-electron chi connectivity index (χ2n) is 4.94. The van der Waals surface area contributed by atoms with Gasteiger partial charge in [-0.15, -0.1) is 0 Å². The second-order valence-corrected chi connectivity index (χ2v) is 4.94. The Morgan fingerprint density at radius 3 is 2.89 bits per heavy atom. The summed E-state index contributed by atoms with van der Waals surface area (Å²) in [5, 5.41) is 7.88. The lowest BCUT2D eigenvalue weighted by atomic mass is 10.1. The molecular formula is C15H19N3O. The molecule has 0 amide bonds. The van der Waals surface area contributed by atoms with E-state index in [-0.39, 0.29) is 6.10 Å². The lowest BCUT2D eigenvalue weighted by Crippen LogP contribution is -2.37. The maximum Gasteiger partial charge on any atom is 0.212 e. The summed E-state index contributed by atoms with van der Waals surface area (Å²) in [5.41, 5.74) is 2.08. The molecule has 1 fully saturated rings. The molecule has 100 valence electrons. The molecule has 1 aromatic heterocycles. The molecule has 2 heterocycles. The molecule has 3 rings (SSSR count).